The Kier molecular flexibility index (Phi) is 4.97. The SMILES string of the molecule is Cc1ccc(C)c(OCCCC(C)(N)CO)c1. The first-order valence-corrected chi connectivity index (χ1v) is 6.04. The summed E-state index contributed by atoms with van der Waals surface area (Å²) in [5.41, 5.74) is 7.69. The smallest absolute Gasteiger partial charge is 0.122 e. The van der Waals surface area contributed by atoms with E-state index in [0.717, 1.165) is 24.2 Å². The van der Waals surface area contributed by atoms with E-state index in [9.17, 15) is 0 Å². The molecule has 0 aromatic heterocycles. The van der Waals surface area contributed by atoms with E-state index >= 15 is 0 Å². The van der Waals surface area contributed by atoms with Crippen molar-refractivity contribution in [3.05, 3.63) is 29.3 Å². The van der Waals surface area contributed by atoms with Crippen LogP contribution >= 0.6 is 0 Å². The van der Waals surface area contributed by atoms with Gasteiger partial charge in [0.2, 0.25) is 0 Å². The van der Waals surface area contributed by atoms with Gasteiger partial charge in [0.15, 0.2) is 0 Å². The van der Waals surface area contributed by atoms with Crippen LogP contribution in [0.4, 0.5) is 0 Å². The highest BCUT2D eigenvalue weighted by molar-refractivity contribution is 5.35. The fourth-order valence-electron chi connectivity index (χ4n) is 1.60. The lowest BCUT2D eigenvalue weighted by Crippen LogP contribution is -2.40. The molecule has 0 radical (unpaired) electrons. The first kappa shape index (κ1) is 14.0. The minimum absolute atomic E-state index is 0.0104. The molecule has 3 nitrogen and oxygen atoms in total. The van der Waals surface area contributed by atoms with Gasteiger partial charge in [0.1, 0.15) is 5.75 Å². The Balaban J connectivity index is 2.38. The van der Waals surface area contributed by atoms with Gasteiger partial charge in [-0.05, 0) is 50.8 Å². The van der Waals surface area contributed by atoms with Gasteiger partial charge in [-0.1, -0.05) is 12.1 Å². The summed E-state index contributed by atoms with van der Waals surface area (Å²) in [6.07, 6.45) is 1.61. The van der Waals surface area contributed by atoms with E-state index in [4.69, 9.17) is 15.6 Å². The predicted octanol–water partition coefficient (Wildman–Crippen LogP) is 2.17. The third-order valence-electron chi connectivity index (χ3n) is 2.85. The zero-order chi connectivity index (χ0) is 12.9. The van der Waals surface area contributed by atoms with Crippen LogP contribution in [-0.2, 0) is 0 Å². The molecule has 3 N–H and O–H groups in total. The number of aliphatic hydroxyl groups is 1. The highest BCUT2D eigenvalue weighted by Crippen LogP contribution is 2.19. The molecule has 0 aliphatic heterocycles. The fourth-order valence-corrected chi connectivity index (χ4v) is 1.60. The van der Waals surface area contributed by atoms with E-state index < -0.39 is 5.54 Å². The predicted molar refractivity (Wildman–Crippen MR) is 70.3 cm³/mol. The number of hydrogen-bond donors (Lipinski definition) is 2. The molecule has 0 saturated carbocycles. The summed E-state index contributed by atoms with van der Waals surface area (Å²) in [4.78, 5) is 0. The molecular formula is C14H23NO2. The second-order valence-corrected chi connectivity index (χ2v) is 5.03. The minimum Gasteiger partial charge on any atom is -0.493 e. The maximum atomic E-state index is 9.03. The van der Waals surface area contributed by atoms with Crippen LogP contribution in [0, 0.1) is 13.8 Å². The number of aliphatic hydroxyl groups excluding tert-OH is 1. The molecule has 3 heteroatoms. The van der Waals surface area contributed by atoms with Gasteiger partial charge < -0.3 is 15.6 Å². The van der Waals surface area contributed by atoms with Crippen molar-refractivity contribution in [1.82, 2.24) is 0 Å². The van der Waals surface area contributed by atoms with E-state index in [-0.39, 0.29) is 6.61 Å². The zero-order valence-corrected chi connectivity index (χ0v) is 11.0. The summed E-state index contributed by atoms with van der Waals surface area (Å²) in [5, 5.41) is 9.03. The van der Waals surface area contributed by atoms with Crippen LogP contribution in [-0.4, -0.2) is 23.9 Å². The highest BCUT2D eigenvalue weighted by Gasteiger charge is 2.16. The lowest BCUT2D eigenvalue weighted by Gasteiger charge is -2.21. The third-order valence-corrected chi connectivity index (χ3v) is 2.85. The summed E-state index contributed by atoms with van der Waals surface area (Å²) in [7, 11) is 0. The monoisotopic (exact) mass is 237 g/mol. The Hall–Kier alpha value is -1.06. The summed E-state index contributed by atoms with van der Waals surface area (Å²) in [6, 6.07) is 6.18. The Morgan fingerprint density at radius 1 is 1.35 bits per heavy atom. The van der Waals surface area contributed by atoms with Crippen molar-refractivity contribution in [2.45, 2.75) is 39.2 Å². The van der Waals surface area contributed by atoms with Crippen LogP contribution in [0.2, 0.25) is 0 Å². The fraction of sp³-hybridized carbons (Fsp3) is 0.571. The lowest BCUT2D eigenvalue weighted by molar-refractivity contribution is 0.188. The topological polar surface area (TPSA) is 55.5 Å². The number of aryl methyl sites for hydroxylation is 2. The molecule has 0 aliphatic rings. The van der Waals surface area contributed by atoms with Crippen molar-refractivity contribution in [3.63, 3.8) is 0 Å². The second kappa shape index (κ2) is 6.03. The van der Waals surface area contributed by atoms with Crippen LogP contribution in [0.1, 0.15) is 30.9 Å². The quantitative estimate of drug-likeness (QED) is 0.746. The molecule has 1 rings (SSSR count). The summed E-state index contributed by atoms with van der Waals surface area (Å²) in [6.45, 7) is 6.59. The molecule has 1 unspecified atom stereocenters. The van der Waals surface area contributed by atoms with Gasteiger partial charge in [0.25, 0.3) is 0 Å². The average molecular weight is 237 g/mol. The van der Waals surface area contributed by atoms with Crippen molar-refractivity contribution in [1.29, 1.82) is 0 Å². The van der Waals surface area contributed by atoms with E-state index in [2.05, 4.69) is 19.1 Å². The molecule has 96 valence electrons. The molecule has 17 heavy (non-hydrogen) atoms. The van der Waals surface area contributed by atoms with Crippen molar-refractivity contribution < 1.29 is 9.84 Å². The largest absolute Gasteiger partial charge is 0.493 e. The number of nitrogens with two attached hydrogens (primary N) is 1. The number of rotatable bonds is 6. The average Bonchev–Trinajstić information content (AvgIpc) is 2.29. The van der Waals surface area contributed by atoms with Crippen LogP contribution < -0.4 is 10.5 Å². The summed E-state index contributed by atoms with van der Waals surface area (Å²) in [5.74, 6) is 0.938. The molecule has 0 spiro atoms. The third kappa shape index (κ3) is 4.75. The van der Waals surface area contributed by atoms with E-state index in [0.29, 0.717) is 6.61 Å². The molecule has 0 bridgehead atoms. The highest BCUT2D eigenvalue weighted by atomic mass is 16.5. The molecule has 0 heterocycles. The van der Waals surface area contributed by atoms with Crippen LogP contribution in [0.5, 0.6) is 5.75 Å². The molecular weight excluding hydrogens is 214 g/mol. The van der Waals surface area contributed by atoms with Crippen molar-refractivity contribution in [2.75, 3.05) is 13.2 Å². The Labute approximate surface area is 104 Å². The molecule has 0 amide bonds. The van der Waals surface area contributed by atoms with Gasteiger partial charge in [0.05, 0.1) is 13.2 Å². The molecule has 1 aromatic carbocycles. The summed E-state index contributed by atoms with van der Waals surface area (Å²) < 4.78 is 5.72. The molecule has 0 aliphatic carbocycles. The number of ether oxygens (including phenoxy) is 1. The molecule has 1 atom stereocenters. The van der Waals surface area contributed by atoms with Crippen molar-refractivity contribution in [3.8, 4) is 5.75 Å². The maximum absolute atomic E-state index is 9.03. The summed E-state index contributed by atoms with van der Waals surface area (Å²) >= 11 is 0. The lowest BCUT2D eigenvalue weighted by atomic mass is 9.99. The van der Waals surface area contributed by atoms with Crippen molar-refractivity contribution >= 4 is 0 Å². The Morgan fingerprint density at radius 3 is 2.71 bits per heavy atom. The number of hydrogen-bond acceptors (Lipinski definition) is 3. The minimum atomic E-state index is -0.495. The number of benzene rings is 1. The van der Waals surface area contributed by atoms with Crippen LogP contribution in [0.3, 0.4) is 0 Å². The van der Waals surface area contributed by atoms with Gasteiger partial charge in [-0.2, -0.15) is 0 Å². The van der Waals surface area contributed by atoms with E-state index in [1.165, 1.54) is 5.56 Å². The Morgan fingerprint density at radius 2 is 2.06 bits per heavy atom. The maximum Gasteiger partial charge on any atom is 0.122 e. The van der Waals surface area contributed by atoms with E-state index in [1.54, 1.807) is 0 Å². The van der Waals surface area contributed by atoms with Gasteiger partial charge in [-0.3, -0.25) is 0 Å². The van der Waals surface area contributed by atoms with Crippen LogP contribution in [0.25, 0.3) is 0 Å². The zero-order valence-electron chi connectivity index (χ0n) is 11.0. The first-order valence-electron chi connectivity index (χ1n) is 6.04. The first-order chi connectivity index (χ1) is 7.94. The van der Waals surface area contributed by atoms with Gasteiger partial charge in [-0.25, -0.2) is 0 Å². The van der Waals surface area contributed by atoms with E-state index in [1.807, 2.05) is 19.9 Å². The van der Waals surface area contributed by atoms with Crippen molar-refractivity contribution in [2.24, 2.45) is 5.73 Å². The molecule has 0 fully saturated rings. The standard InChI is InChI=1S/C14H23NO2/c1-11-5-6-12(2)13(9-11)17-8-4-7-14(3,15)10-16/h5-6,9,16H,4,7-8,10,15H2,1-3H3. The van der Waals surface area contributed by atoms with Gasteiger partial charge >= 0.3 is 0 Å². The molecule has 1 aromatic rings. The molecule has 0 saturated heterocycles. The van der Waals surface area contributed by atoms with Crippen LogP contribution in [0.15, 0.2) is 18.2 Å². The second-order valence-electron chi connectivity index (χ2n) is 5.03. The normalized spacial score (nSPS) is 14.4. The van der Waals surface area contributed by atoms with Gasteiger partial charge in [0, 0.05) is 5.54 Å². The van der Waals surface area contributed by atoms with Gasteiger partial charge in [-0.15, -0.1) is 0 Å². The Bertz CT molecular complexity index is 361.